The van der Waals surface area contributed by atoms with Gasteiger partial charge in [0, 0.05) is 43.7 Å². The fraction of sp³-hybridized carbons (Fsp3) is 0.429. The number of amides is 3. The van der Waals surface area contributed by atoms with Gasteiger partial charge in [0.15, 0.2) is 0 Å². The monoisotopic (exact) mass is 666 g/mol. The average Bonchev–Trinajstić information content (AvgIpc) is 3.57. The van der Waals surface area contributed by atoms with Crippen LogP contribution in [-0.2, 0) is 4.79 Å². The fourth-order valence-corrected chi connectivity index (χ4v) is 6.92. The SMILES string of the molecule is C[C@H]1CN(c2cc(-c3n[nH]c4ccc(OC5(C)CC5)cc34)ncn2)CCN1CCOc1ccc2c(c1)C(=O)N(C1CCC(O)NC1=O)C2=O. The molecule has 14 heteroatoms. The largest absolute Gasteiger partial charge is 0.492 e. The van der Waals surface area contributed by atoms with Gasteiger partial charge in [-0.1, -0.05) is 0 Å². The Labute approximate surface area is 282 Å². The molecule has 0 spiro atoms. The number of piperidine rings is 1. The number of hydrogen-bond donors (Lipinski definition) is 3. The maximum atomic E-state index is 13.2. The van der Waals surface area contributed by atoms with E-state index in [-0.39, 0.29) is 35.6 Å². The van der Waals surface area contributed by atoms with Crippen molar-refractivity contribution in [3.8, 4) is 22.9 Å². The van der Waals surface area contributed by atoms with E-state index in [4.69, 9.17) is 9.47 Å². The zero-order chi connectivity index (χ0) is 33.9. The van der Waals surface area contributed by atoms with E-state index < -0.39 is 30.0 Å². The first-order chi connectivity index (χ1) is 23.7. The smallest absolute Gasteiger partial charge is 0.262 e. The molecule has 2 saturated heterocycles. The van der Waals surface area contributed by atoms with Crippen molar-refractivity contribution in [2.75, 3.05) is 37.7 Å². The van der Waals surface area contributed by atoms with Crippen LogP contribution in [0.2, 0.25) is 0 Å². The van der Waals surface area contributed by atoms with Crippen molar-refractivity contribution in [3.63, 3.8) is 0 Å². The van der Waals surface area contributed by atoms with E-state index in [1.807, 2.05) is 24.3 Å². The van der Waals surface area contributed by atoms with Crippen molar-refractivity contribution in [2.45, 2.75) is 63.4 Å². The molecule has 1 aliphatic carbocycles. The average molecular weight is 667 g/mol. The lowest BCUT2D eigenvalue weighted by molar-refractivity contribution is -0.131. The summed E-state index contributed by atoms with van der Waals surface area (Å²) in [5.41, 5.74) is 2.82. The van der Waals surface area contributed by atoms with Crippen LogP contribution in [0.4, 0.5) is 5.82 Å². The van der Waals surface area contributed by atoms with E-state index >= 15 is 0 Å². The summed E-state index contributed by atoms with van der Waals surface area (Å²) in [4.78, 5) is 53.3. The second kappa shape index (κ2) is 12.1. The Morgan fingerprint density at radius 3 is 2.59 bits per heavy atom. The minimum atomic E-state index is -0.969. The van der Waals surface area contributed by atoms with Crippen LogP contribution in [0.25, 0.3) is 22.3 Å². The van der Waals surface area contributed by atoms with Gasteiger partial charge < -0.3 is 24.8 Å². The summed E-state index contributed by atoms with van der Waals surface area (Å²) in [6.07, 6.45) is 3.22. The van der Waals surface area contributed by atoms with Gasteiger partial charge in [0.25, 0.3) is 11.8 Å². The Balaban J connectivity index is 0.877. The molecule has 3 fully saturated rings. The highest BCUT2D eigenvalue weighted by Gasteiger charge is 2.45. The summed E-state index contributed by atoms with van der Waals surface area (Å²) in [7, 11) is 0. The summed E-state index contributed by atoms with van der Waals surface area (Å²) in [6.45, 7) is 7.72. The molecule has 0 bridgehead atoms. The first-order valence-corrected chi connectivity index (χ1v) is 16.8. The molecule has 3 aliphatic heterocycles. The molecule has 3 atom stereocenters. The van der Waals surface area contributed by atoms with Crippen LogP contribution in [0, 0.1) is 0 Å². The molecule has 2 aromatic carbocycles. The van der Waals surface area contributed by atoms with E-state index in [0.717, 1.165) is 71.2 Å². The number of fused-ring (bicyclic) bond motifs is 2. The van der Waals surface area contributed by atoms with Gasteiger partial charge in [-0.05, 0) is 75.9 Å². The highest BCUT2D eigenvalue weighted by atomic mass is 16.5. The number of anilines is 1. The molecule has 5 heterocycles. The van der Waals surface area contributed by atoms with Gasteiger partial charge in [-0.3, -0.25) is 29.3 Å². The predicted octanol–water partition coefficient (Wildman–Crippen LogP) is 2.73. The molecule has 4 aliphatic rings. The lowest BCUT2D eigenvalue weighted by atomic mass is 10.0. The minimum absolute atomic E-state index is 0.0697. The van der Waals surface area contributed by atoms with E-state index in [2.05, 4.69) is 49.1 Å². The number of aliphatic hydroxyl groups excluding tert-OH is 1. The van der Waals surface area contributed by atoms with E-state index in [1.54, 1.807) is 24.5 Å². The molecule has 2 unspecified atom stereocenters. The highest BCUT2D eigenvalue weighted by Crippen LogP contribution is 2.40. The second-order valence-corrected chi connectivity index (χ2v) is 13.6. The molecular formula is C35H38N8O6. The Kier molecular flexibility index (Phi) is 7.71. The van der Waals surface area contributed by atoms with E-state index in [9.17, 15) is 19.5 Å². The normalized spacial score (nSPS) is 23.5. The van der Waals surface area contributed by atoms with Gasteiger partial charge in [0.1, 0.15) is 53.8 Å². The van der Waals surface area contributed by atoms with Crippen LogP contribution in [0.3, 0.4) is 0 Å². The molecule has 3 amide bonds. The molecule has 0 radical (unpaired) electrons. The van der Waals surface area contributed by atoms with Crippen molar-refractivity contribution in [2.24, 2.45) is 0 Å². The zero-order valence-electron chi connectivity index (χ0n) is 27.4. The van der Waals surface area contributed by atoms with Gasteiger partial charge in [-0.25, -0.2) is 9.97 Å². The third kappa shape index (κ3) is 5.95. The summed E-state index contributed by atoms with van der Waals surface area (Å²) in [5, 5.41) is 20.7. The van der Waals surface area contributed by atoms with Crippen LogP contribution in [0.5, 0.6) is 11.5 Å². The van der Waals surface area contributed by atoms with Crippen molar-refractivity contribution in [1.82, 2.24) is 35.3 Å². The number of H-pyrrole nitrogens is 1. The Hall–Kier alpha value is -5.08. The zero-order valence-corrected chi connectivity index (χ0v) is 27.4. The van der Waals surface area contributed by atoms with E-state index in [0.29, 0.717) is 18.9 Å². The number of aromatic nitrogens is 4. The summed E-state index contributed by atoms with van der Waals surface area (Å²) in [6, 6.07) is 12.1. The number of hydrogen-bond acceptors (Lipinski definition) is 11. The van der Waals surface area contributed by atoms with Gasteiger partial charge >= 0.3 is 0 Å². The van der Waals surface area contributed by atoms with E-state index in [1.165, 1.54) is 0 Å². The molecule has 1 saturated carbocycles. The van der Waals surface area contributed by atoms with Gasteiger partial charge in [-0.15, -0.1) is 0 Å². The minimum Gasteiger partial charge on any atom is -0.492 e. The molecular weight excluding hydrogens is 628 g/mol. The van der Waals surface area contributed by atoms with Crippen LogP contribution < -0.4 is 19.7 Å². The summed E-state index contributed by atoms with van der Waals surface area (Å²) < 4.78 is 12.2. The Bertz CT molecular complexity index is 1960. The first-order valence-electron chi connectivity index (χ1n) is 16.8. The number of ether oxygens (including phenoxy) is 2. The molecule has 2 aromatic heterocycles. The van der Waals surface area contributed by atoms with Gasteiger partial charge in [0.2, 0.25) is 5.91 Å². The molecule has 4 aromatic rings. The fourth-order valence-electron chi connectivity index (χ4n) is 6.92. The van der Waals surface area contributed by atoms with Gasteiger partial charge in [0.05, 0.1) is 22.3 Å². The lowest BCUT2D eigenvalue weighted by Gasteiger charge is -2.40. The van der Waals surface area contributed by atoms with Crippen molar-refractivity contribution < 1.29 is 29.0 Å². The second-order valence-electron chi connectivity index (χ2n) is 13.6. The summed E-state index contributed by atoms with van der Waals surface area (Å²) >= 11 is 0. The number of carbonyl (C=O) groups excluding carboxylic acids is 3. The number of nitrogens with zero attached hydrogens (tertiary/aromatic N) is 6. The molecule has 8 rings (SSSR count). The number of benzene rings is 2. The number of aromatic amines is 1. The van der Waals surface area contributed by atoms with Crippen LogP contribution in [-0.4, -0.2) is 109 Å². The van der Waals surface area contributed by atoms with Crippen LogP contribution >= 0.6 is 0 Å². The highest BCUT2D eigenvalue weighted by molar-refractivity contribution is 6.23. The van der Waals surface area contributed by atoms with Crippen molar-refractivity contribution >= 4 is 34.4 Å². The lowest BCUT2D eigenvalue weighted by Crippen LogP contribution is -2.55. The molecule has 14 nitrogen and oxygen atoms in total. The van der Waals surface area contributed by atoms with Crippen molar-refractivity contribution in [1.29, 1.82) is 0 Å². The third-order valence-electron chi connectivity index (χ3n) is 10.0. The molecule has 3 N–H and O–H groups in total. The molecule has 254 valence electrons. The quantitative estimate of drug-likeness (QED) is 0.225. The van der Waals surface area contributed by atoms with Crippen molar-refractivity contribution in [3.05, 3.63) is 59.9 Å². The number of piperazine rings is 1. The Morgan fingerprint density at radius 1 is 0.980 bits per heavy atom. The number of nitrogens with one attached hydrogen (secondary N) is 2. The number of imide groups is 1. The molecule has 49 heavy (non-hydrogen) atoms. The number of rotatable bonds is 9. The first kappa shape index (κ1) is 31.2. The maximum Gasteiger partial charge on any atom is 0.262 e. The predicted molar refractivity (Wildman–Crippen MR) is 178 cm³/mol. The number of aliphatic hydroxyl groups is 1. The van der Waals surface area contributed by atoms with Crippen LogP contribution in [0.15, 0.2) is 48.8 Å². The van der Waals surface area contributed by atoms with Gasteiger partial charge in [-0.2, -0.15) is 5.10 Å². The number of carbonyl (C=O) groups is 3. The maximum absolute atomic E-state index is 13.2. The topological polar surface area (TPSA) is 166 Å². The summed E-state index contributed by atoms with van der Waals surface area (Å²) in [5.74, 6) is 0.587. The standard InChI is InChI=1S/C35H38N8O6/c1-20-18-42(29-17-27(36-19-37-29)31-25-16-22(49-35(2)9-10-35)4-6-26(25)39-40-31)12-11-41(20)13-14-48-21-3-5-23-24(15-21)34(47)43(33(23)46)28-7-8-30(44)38-32(28)45/h3-6,15-17,19-20,28,30,44H,7-14,18H2,1-2H3,(H,38,45)(H,39,40)/t20-,28?,30?/m0/s1. The Morgan fingerprint density at radius 2 is 1.80 bits per heavy atom. The van der Waals surface area contributed by atoms with Crippen LogP contribution in [0.1, 0.15) is 60.2 Å². The third-order valence-corrected chi connectivity index (χ3v) is 10.0.